The summed E-state index contributed by atoms with van der Waals surface area (Å²) >= 11 is 0. The van der Waals surface area contributed by atoms with E-state index in [1.165, 1.54) is 49.7 Å². The van der Waals surface area contributed by atoms with Crippen molar-refractivity contribution in [3.63, 3.8) is 0 Å². The molecule has 0 saturated carbocycles. The molecule has 12 heteroatoms. The molecule has 0 saturated heterocycles. The Morgan fingerprint density at radius 2 is 1.78 bits per heavy atom. The number of ether oxygens (including phenoxy) is 1. The first-order chi connectivity index (χ1) is 17.5. The second-order valence-electron chi connectivity index (χ2n) is 8.35. The number of aryl methyl sites for hydroxylation is 1. The number of rotatable bonds is 5. The molecule has 0 fully saturated rings. The molecule has 0 atom stereocenters. The largest absolute Gasteiger partial charge is 0.497 e. The highest BCUT2D eigenvalue weighted by Gasteiger charge is 2.31. The van der Waals surface area contributed by atoms with Gasteiger partial charge in [-0.15, -0.1) is 0 Å². The predicted octanol–water partition coefficient (Wildman–Crippen LogP) is 5.04. The molecule has 0 aliphatic rings. The molecule has 2 aromatic carbocycles. The van der Waals surface area contributed by atoms with Gasteiger partial charge in [-0.05, 0) is 43.3 Å². The Morgan fingerprint density at radius 1 is 1.05 bits per heavy atom. The van der Waals surface area contributed by atoms with Crippen LogP contribution in [0.15, 0.2) is 66.0 Å². The van der Waals surface area contributed by atoms with Crippen LogP contribution in [-0.4, -0.2) is 40.2 Å². The van der Waals surface area contributed by atoms with Crippen LogP contribution in [0, 0.1) is 18.3 Å². The second-order valence-corrected chi connectivity index (χ2v) is 10.1. The lowest BCUT2D eigenvalue weighted by Crippen LogP contribution is -2.17. The summed E-state index contributed by atoms with van der Waals surface area (Å²) in [6.45, 7) is 0.520. The summed E-state index contributed by atoms with van der Waals surface area (Å²) in [5, 5.41) is 10.1. The number of benzene rings is 2. The molecular formula is C25H18F3N5O3S. The van der Waals surface area contributed by atoms with Gasteiger partial charge in [0.25, 0.3) is 10.0 Å². The van der Waals surface area contributed by atoms with Crippen LogP contribution in [-0.2, 0) is 16.6 Å². The van der Waals surface area contributed by atoms with Crippen LogP contribution in [0.3, 0.4) is 0 Å². The normalized spacial score (nSPS) is 12.2. The van der Waals surface area contributed by atoms with Crippen molar-refractivity contribution < 1.29 is 26.3 Å². The number of nitrogens with zero attached hydrogens (tertiary/aromatic N) is 5. The molecule has 0 bridgehead atoms. The fourth-order valence-corrected chi connectivity index (χ4v) is 5.73. The smallest absolute Gasteiger partial charge is 0.406 e. The van der Waals surface area contributed by atoms with Crippen molar-refractivity contribution in [2.75, 3.05) is 7.11 Å². The van der Waals surface area contributed by atoms with E-state index in [-0.39, 0.29) is 38.4 Å². The predicted molar refractivity (Wildman–Crippen MR) is 130 cm³/mol. The number of hydrogen-bond donors (Lipinski definition) is 0. The SMILES string of the molecule is COc1ccc2c(c1)c(-c1cc3c(C#N)ncnc3n1S(=O)(=O)c1ccc(C)cc1)cn2CC(F)(F)F. The summed E-state index contributed by atoms with van der Waals surface area (Å²) in [5.41, 5.74) is 1.15. The van der Waals surface area contributed by atoms with E-state index in [1.54, 1.807) is 12.1 Å². The van der Waals surface area contributed by atoms with Gasteiger partial charge in [0, 0.05) is 22.7 Å². The number of fused-ring (bicyclic) bond motifs is 2. The highest BCUT2D eigenvalue weighted by molar-refractivity contribution is 7.90. The average Bonchev–Trinajstić information content (AvgIpc) is 3.41. The molecule has 0 unspecified atom stereocenters. The standard InChI is InChI=1S/C25H18F3N5O3S/c1-15-3-6-17(7-4-15)37(34,35)33-23(10-19-21(11-29)30-14-31-24(19)33)20-12-32(13-25(26,27)28)22-8-5-16(36-2)9-18(20)22/h3-10,12,14H,13H2,1-2H3. The zero-order valence-electron chi connectivity index (χ0n) is 19.5. The van der Waals surface area contributed by atoms with Gasteiger partial charge in [-0.3, -0.25) is 0 Å². The van der Waals surface area contributed by atoms with Gasteiger partial charge in [-0.2, -0.15) is 18.4 Å². The molecule has 188 valence electrons. The van der Waals surface area contributed by atoms with Gasteiger partial charge in [0.15, 0.2) is 11.3 Å². The minimum Gasteiger partial charge on any atom is -0.497 e. The molecule has 5 aromatic rings. The molecule has 8 nitrogen and oxygen atoms in total. The average molecular weight is 526 g/mol. The lowest BCUT2D eigenvalue weighted by atomic mass is 10.1. The third-order valence-electron chi connectivity index (χ3n) is 5.93. The number of alkyl halides is 3. The fourth-order valence-electron chi connectivity index (χ4n) is 4.26. The van der Waals surface area contributed by atoms with E-state index >= 15 is 0 Å². The van der Waals surface area contributed by atoms with Crippen molar-refractivity contribution in [2.45, 2.75) is 24.5 Å². The van der Waals surface area contributed by atoms with Crippen molar-refractivity contribution in [2.24, 2.45) is 0 Å². The van der Waals surface area contributed by atoms with E-state index in [9.17, 15) is 26.9 Å². The summed E-state index contributed by atoms with van der Waals surface area (Å²) in [5.74, 6) is 0.375. The molecule has 3 aromatic heterocycles. The summed E-state index contributed by atoms with van der Waals surface area (Å²) in [7, 11) is -2.88. The molecule has 0 aliphatic carbocycles. The zero-order chi connectivity index (χ0) is 26.5. The van der Waals surface area contributed by atoms with E-state index in [0.29, 0.717) is 11.1 Å². The number of nitriles is 1. The number of aromatic nitrogens is 4. The van der Waals surface area contributed by atoms with E-state index in [4.69, 9.17) is 4.74 Å². The molecule has 37 heavy (non-hydrogen) atoms. The Labute approximate surface area is 209 Å². The Bertz CT molecular complexity index is 1820. The Balaban J connectivity index is 1.89. The van der Waals surface area contributed by atoms with E-state index in [1.807, 2.05) is 13.0 Å². The monoisotopic (exact) mass is 525 g/mol. The summed E-state index contributed by atoms with van der Waals surface area (Å²) < 4.78 is 75.3. The van der Waals surface area contributed by atoms with Gasteiger partial charge in [-0.25, -0.2) is 22.4 Å². The molecule has 0 amide bonds. The van der Waals surface area contributed by atoms with Crippen molar-refractivity contribution in [3.05, 3.63) is 72.3 Å². The van der Waals surface area contributed by atoms with Crippen LogP contribution in [0.1, 0.15) is 11.3 Å². The van der Waals surface area contributed by atoms with Crippen LogP contribution in [0.5, 0.6) is 5.75 Å². The molecule has 0 N–H and O–H groups in total. The van der Waals surface area contributed by atoms with Gasteiger partial charge >= 0.3 is 6.18 Å². The van der Waals surface area contributed by atoms with Crippen LogP contribution >= 0.6 is 0 Å². The quantitative estimate of drug-likeness (QED) is 0.319. The van der Waals surface area contributed by atoms with Gasteiger partial charge in [0.05, 0.1) is 23.1 Å². The number of halogens is 3. The van der Waals surface area contributed by atoms with Crippen LogP contribution in [0.4, 0.5) is 13.2 Å². The first-order valence-electron chi connectivity index (χ1n) is 10.9. The van der Waals surface area contributed by atoms with Crippen LogP contribution in [0.25, 0.3) is 33.2 Å². The first kappa shape index (κ1) is 24.3. The Kier molecular flexibility index (Phi) is 5.68. The first-order valence-corrected chi connectivity index (χ1v) is 12.3. The maximum absolute atomic E-state index is 13.9. The second kappa shape index (κ2) is 8.63. The lowest BCUT2D eigenvalue weighted by molar-refractivity contribution is -0.139. The highest BCUT2D eigenvalue weighted by atomic mass is 32.2. The minimum absolute atomic E-state index is 0.0340. The molecule has 5 rings (SSSR count). The molecular weight excluding hydrogens is 507 g/mol. The minimum atomic E-state index is -4.52. The maximum atomic E-state index is 13.9. The Hall–Kier alpha value is -4.37. The van der Waals surface area contributed by atoms with Crippen molar-refractivity contribution >= 4 is 32.0 Å². The maximum Gasteiger partial charge on any atom is 0.406 e. The molecule has 3 heterocycles. The third-order valence-corrected chi connectivity index (χ3v) is 7.65. The van der Waals surface area contributed by atoms with Gasteiger partial charge in [-0.1, -0.05) is 17.7 Å². The summed E-state index contributed by atoms with van der Waals surface area (Å²) in [4.78, 5) is 8.01. The van der Waals surface area contributed by atoms with Crippen molar-refractivity contribution in [1.82, 2.24) is 18.5 Å². The lowest BCUT2D eigenvalue weighted by Gasteiger charge is -2.12. The van der Waals surface area contributed by atoms with Crippen LogP contribution in [0.2, 0.25) is 0 Å². The van der Waals surface area contributed by atoms with Crippen LogP contribution < -0.4 is 4.74 Å². The molecule has 0 spiro atoms. The molecule has 0 radical (unpaired) electrons. The highest BCUT2D eigenvalue weighted by Crippen LogP contribution is 2.39. The Morgan fingerprint density at radius 3 is 2.43 bits per heavy atom. The van der Waals surface area contributed by atoms with E-state index in [2.05, 4.69) is 9.97 Å². The summed E-state index contributed by atoms with van der Waals surface area (Å²) in [6.07, 6.45) is -2.21. The molecule has 0 aliphatic heterocycles. The van der Waals surface area contributed by atoms with Gasteiger partial charge in [0.2, 0.25) is 0 Å². The zero-order valence-corrected chi connectivity index (χ0v) is 20.3. The summed E-state index contributed by atoms with van der Waals surface area (Å²) in [6, 6.07) is 14.0. The van der Waals surface area contributed by atoms with E-state index in [0.717, 1.165) is 20.4 Å². The fraction of sp³-hybridized carbons (Fsp3) is 0.160. The third kappa shape index (κ3) is 4.17. The number of hydrogen-bond acceptors (Lipinski definition) is 6. The van der Waals surface area contributed by atoms with Crippen molar-refractivity contribution in [1.29, 1.82) is 5.26 Å². The van der Waals surface area contributed by atoms with Gasteiger partial charge < -0.3 is 9.30 Å². The van der Waals surface area contributed by atoms with Gasteiger partial charge in [0.1, 0.15) is 24.7 Å². The topological polar surface area (TPSA) is 103 Å². The van der Waals surface area contributed by atoms with Crippen molar-refractivity contribution in [3.8, 4) is 23.1 Å². The number of methoxy groups -OCH3 is 1. The van der Waals surface area contributed by atoms with E-state index < -0.39 is 22.7 Å².